The number of thiocarbonyl (C=S) groups is 1. The average Bonchev–Trinajstić information content (AvgIpc) is 3.54. The minimum absolute atomic E-state index is 0.169. The molecule has 2 atom stereocenters. The summed E-state index contributed by atoms with van der Waals surface area (Å²) in [6.07, 6.45) is 4.60. The zero-order chi connectivity index (χ0) is 25.4. The van der Waals surface area contributed by atoms with Crippen LogP contribution in [-0.2, 0) is 16.6 Å². The molecule has 8 nitrogen and oxygen atoms in total. The molecule has 4 aromatic rings. The topological polar surface area (TPSA) is 92.4 Å². The van der Waals surface area contributed by atoms with E-state index in [4.69, 9.17) is 16.6 Å². The van der Waals surface area contributed by atoms with Gasteiger partial charge in [-0.2, -0.15) is 0 Å². The summed E-state index contributed by atoms with van der Waals surface area (Å²) in [4.78, 5) is 6.71. The van der Waals surface area contributed by atoms with Gasteiger partial charge in [0.15, 0.2) is 5.11 Å². The summed E-state index contributed by atoms with van der Waals surface area (Å²) >= 11 is 5.83. The van der Waals surface area contributed by atoms with Crippen LogP contribution in [0.4, 0.5) is 11.4 Å². The maximum absolute atomic E-state index is 11.6. The Labute approximate surface area is 216 Å². The Kier molecular flexibility index (Phi) is 6.31. The lowest BCUT2D eigenvalue weighted by molar-refractivity contribution is 0.488. The Morgan fingerprint density at radius 3 is 2.53 bits per heavy atom. The number of benzene rings is 1. The first-order chi connectivity index (χ1) is 17.2. The van der Waals surface area contributed by atoms with Crippen molar-refractivity contribution in [1.82, 2.24) is 14.9 Å². The van der Waals surface area contributed by atoms with E-state index in [0.717, 1.165) is 40.3 Å². The van der Waals surface area contributed by atoms with Crippen LogP contribution >= 0.6 is 12.2 Å². The van der Waals surface area contributed by atoms with E-state index in [9.17, 15) is 8.42 Å². The first-order valence-corrected chi connectivity index (χ1v) is 13.8. The van der Waals surface area contributed by atoms with Crippen molar-refractivity contribution < 1.29 is 12.8 Å². The van der Waals surface area contributed by atoms with Crippen molar-refractivity contribution in [3.63, 3.8) is 0 Å². The SMILES string of the molecule is Cc1cc([C@H]2[C@@H](c3ccccn3)NC(=S)N2c2ccc(NS(C)(=O)=O)cc2)c(C)n1Cc1ccco1. The number of furan rings is 1. The van der Waals surface area contributed by atoms with E-state index in [1.807, 2.05) is 42.5 Å². The summed E-state index contributed by atoms with van der Waals surface area (Å²) in [5, 5.41) is 4.06. The van der Waals surface area contributed by atoms with E-state index >= 15 is 0 Å². The van der Waals surface area contributed by atoms with Gasteiger partial charge in [0.25, 0.3) is 0 Å². The molecule has 10 heteroatoms. The average molecular weight is 522 g/mol. The predicted molar refractivity (Wildman–Crippen MR) is 145 cm³/mol. The van der Waals surface area contributed by atoms with Gasteiger partial charge >= 0.3 is 0 Å². The molecule has 0 amide bonds. The lowest BCUT2D eigenvalue weighted by Gasteiger charge is -2.28. The van der Waals surface area contributed by atoms with Gasteiger partial charge in [-0.25, -0.2) is 8.42 Å². The van der Waals surface area contributed by atoms with Gasteiger partial charge in [0, 0.05) is 29.0 Å². The van der Waals surface area contributed by atoms with Gasteiger partial charge in [-0.1, -0.05) is 6.07 Å². The van der Waals surface area contributed by atoms with Gasteiger partial charge < -0.3 is 19.2 Å². The van der Waals surface area contributed by atoms with Crippen LogP contribution in [0, 0.1) is 13.8 Å². The highest BCUT2D eigenvalue weighted by Crippen LogP contribution is 2.43. The monoisotopic (exact) mass is 521 g/mol. The van der Waals surface area contributed by atoms with Gasteiger partial charge in [-0.3, -0.25) is 9.71 Å². The van der Waals surface area contributed by atoms with E-state index in [1.165, 1.54) is 0 Å². The Hall–Kier alpha value is -3.63. The minimum atomic E-state index is -3.37. The molecule has 1 fully saturated rings. The Bertz CT molecular complexity index is 1480. The van der Waals surface area contributed by atoms with Crippen molar-refractivity contribution in [2.24, 2.45) is 0 Å². The molecule has 1 aliphatic heterocycles. The number of aryl methyl sites for hydroxylation is 1. The third-order valence-electron chi connectivity index (χ3n) is 6.37. The van der Waals surface area contributed by atoms with Crippen LogP contribution in [0.15, 0.2) is 77.5 Å². The second-order valence-corrected chi connectivity index (χ2v) is 11.0. The van der Waals surface area contributed by atoms with Crippen LogP contribution in [0.2, 0.25) is 0 Å². The first-order valence-electron chi connectivity index (χ1n) is 11.5. The van der Waals surface area contributed by atoms with Crippen LogP contribution < -0.4 is 14.9 Å². The summed E-state index contributed by atoms with van der Waals surface area (Å²) in [5.74, 6) is 0.885. The van der Waals surface area contributed by atoms with Crippen molar-refractivity contribution in [2.75, 3.05) is 15.9 Å². The molecule has 186 valence electrons. The third kappa shape index (κ3) is 4.74. The number of hydrogen-bond acceptors (Lipinski definition) is 5. The number of sulfonamides is 1. The number of nitrogens with one attached hydrogen (secondary N) is 2. The van der Waals surface area contributed by atoms with E-state index in [-0.39, 0.29) is 12.1 Å². The molecule has 1 aromatic carbocycles. The fourth-order valence-corrected chi connectivity index (χ4v) is 5.69. The lowest BCUT2D eigenvalue weighted by atomic mass is 9.96. The summed E-state index contributed by atoms with van der Waals surface area (Å²) in [6.45, 7) is 4.83. The van der Waals surface area contributed by atoms with Gasteiger partial charge in [-0.05, 0) is 86.2 Å². The van der Waals surface area contributed by atoms with Crippen LogP contribution in [0.3, 0.4) is 0 Å². The van der Waals surface area contributed by atoms with Gasteiger partial charge in [0.2, 0.25) is 10.0 Å². The van der Waals surface area contributed by atoms with Gasteiger partial charge in [0.05, 0.1) is 36.8 Å². The number of anilines is 2. The van der Waals surface area contributed by atoms with Crippen LogP contribution in [0.25, 0.3) is 0 Å². The van der Waals surface area contributed by atoms with Gasteiger partial charge in [0.1, 0.15) is 5.76 Å². The summed E-state index contributed by atoms with van der Waals surface area (Å²) in [6, 6.07) is 18.8. The Morgan fingerprint density at radius 2 is 1.89 bits per heavy atom. The number of hydrogen-bond donors (Lipinski definition) is 2. The summed E-state index contributed by atoms with van der Waals surface area (Å²) < 4.78 is 33.6. The molecular formula is C26H27N5O3S2. The molecule has 1 saturated heterocycles. The van der Waals surface area contributed by atoms with Crippen molar-refractivity contribution in [2.45, 2.75) is 32.5 Å². The van der Waals surface area contributed by atoms with E-state index in [0.29, 0.717) is 17.3 Å². The highest BCUT2D eigenvalue weighted by Gasteiger charge is 2.42. The van der Waals surface area contributed by atoms with E-state index in [1.54, 1.807) is 24.6 Å². The number of rotatable bonds is 7. The highest BCUT2D eigenvalue weighted by molar-refractivity contribution is 7.92. The molecule has 0 spiro atoms. The van der Waals surface area contributed by atoms with Gasteiger partial charge in [-0.15, -0.1) is 0 Å². The largest absolute Gasteiger partial charge is 0.467 e. The number of aromatic nitrogens is 2. The molecule has 0 unspecified atom stereocenters. The standard InChI is InChI=1S/C26H27N5O3S2/c1-17-15-22(18(2)30(17)16-21-7-6-14-34-21)25-24(23-8-4-5-13-27-23)28-26(35)31(25)20-11-9-19(10-12-20)29-36(3,32)33/h4-15,24-25,29H,16H2,1-3H3,(H,28,35)/t24-,25+/m1/s1. The fourth-order valence-electron chi connectivity index (χ4n) is 4.78. The molecule has 0 saturated carbocycles. The Balaban J connectivity index is 1.58. The molecule has 0 bridgehead atoms. The number of nitrogens with zero attached hydrogens (tertiary/aromatic N) is 3. The van der Waals surface area contributed by atoms with Crippen molar-refractivity contribution >= 4 is 38.7 Å². The maximum Gasteiger partial charge on any atom is 0.229 e. The molecule has 36 heavy (non-hydrogen) atoms. The third-order valence-corrected chi connectivity index (χ3v) is 7.29. The predicted octanol–water partition coefficient (Wildman–Crippen LogP) is 4.69. The van der Waals surface area contributed by atoms with Crippen LogP contribution in [0.1, 0.15) is 40.5 Å². The molecule has 0 aliphatic carbocycles. The molecule has 0 radical (unpaired) electrons. The van der Waals surface area contributed by atoms with Crippen LogP contribution in [0.5, 0.6) is 0 Å². The molecule has 2 N–H and O–H groups in total. The molecule has 4 heterocycles. The molecule has 3 aromatic heterocycles. The molecule has 1 aliphatic rings. The summed E-state index contributed by atoms with van der Waals surface area (Å²) in [5.41, 5.74) is 5.59. The Morgan fingerprint density at radius 1 is 1.11 bits per heavy atom. The normalized spacial score (nSPS) is 17.9. The highest BCUT2D eigenvalue weighted by atomic mass is 32.2. The van der Waals surface area contributed by atoms with Crippen molar-refractivity contribution in [1.29, 1.82) is 0 Å². The number of pyridine rings is 1. The molecule has 5 rings (SSSR count). The van der Waals surface area contributed by atoms with Crippen LogP contribution in [-0.4, -0.2) is 29.3 Å². The fraction of sp³-hybridized carbons (Fsp3) is 0.231. The second-order valence-electron chi connectivity index (χ2n) is 8.91. The van der Waals surface area contributed by atoms with Crippen molar-refractivity contribution in [3.8, 4) is 0 Å². The smallest absolute Gasteiger partial charge is 0.229 e. The quantitative estimate of drug-likeness (QED) is 0.341. The minimum Gasteiger partial charge on any atom is -0.467 e. The summed E-state index contributed by atoms with van der Waals surface area (Å²) in [7, 11) is -3.37. The molecular weight excluding hydrogens is 494 g/mol. The second kappa shape index (κ2) is 9.44. The van der Waals surface area contributed by atoms with E-state index in [2.05, 4.69) is 44.4 Å². The van der Waals surface area contributed by atoms with E-state index < -0.39 is 10.0 Å². The van der Waals surface area contributed by atoms with Crippen molar-refractivity contribution in [3.05, 3.63) is 102 Å². The lowest BCUT2D eigenvalue weighted by Crippen LogP contribution is -2.29. The first kappa shape index (κ1) is 24.1. The zero-order valence-corrected chi connectivity index (χ0v) is 21.8. The zero-order valence-electron chi connectivity index (χ0n) is 20.2. The maximum atomic E-state index is 11.6.